The summed E-state index contributed by atoms with van der Waals surface area (Å²) in [6.45, 7) is 4.12. The van der Waals surface area contributed by atoms with Crippen LogP contribution in [0.25, 0.3) is 0 Å². The topological polar surface area (TPSA) is 49.3 Å². The Kier molecular flexibility index (Phi) is 2.73. The lowest BCUT2D eigenvalue weighted by Gasteiger charge is -2.21. The average molecular weight is 171 g/mol. The third kappa shape index (κ3) is 1.33. The van der Waals surface area contributed by atoms with E-state index in [1.165, 1.54) is 0 Å². The first-order chi connectivity index (χ1) is 5.68. The van der Waals surface area contributed by atoms with Gasteiger partial charge in [-0.05, 0) is 19.3 Å². The van der Waals surface area contributed by atoms with E-state index >= 15 is 0 Å². The Morgan fingerprint density at radius 2 is 2.17 bits per heavy atom. The van der Waals surface area contributed by atoms with Gasteiger partial charge < -0.3 is 10.4 Å². The van der Waals surface area contributed by atoms with E-state index in [0.29, 0.717) is 0 Å². The molecule has 1 aliphatic heterocycles. The maximum Gasteiger partial charge on any atom is 0.226 e. The van der Waals surface area contributed by atoms with E-state index in [9.17, 15) is 4.79 Å². The number of aliphatic hydroxyl groups excluding tert-OH is 1. The fourth-order valence-electron chi connectivity index (χ4n) is 1.92. The van der Waals surface area contributed by atoms with Crippen LogP contribution in [0.1, 0.15) is 33.1 Å². The van der Waals surface area contributed by atoms with Crippen LogP contribution >= 0.6 is 0 Å². The van der Waals surface area contributed by atoms with Crippen LogP contribution < -0.4 is 5.32 Å². The van der Waals surface area contributed by atoms with Gasteiger partial charge in [-0.25, -0.2) is 0 Å². The number of aliphatic hydroxyl groups is 1. The zero-order chi connectivity index (χ0) is 9.19. The molecule has 1 saturated heterocycles. The Morgan fingerprint density at radius 1 is 1.58 bits per heavy atom. The van der Waals surface area contributed by atoms with Gasteiger partial charge in [-0.1, -0.05) is 13.8 Å². The molecule has 1 heterocycles. The van der Waals surface area contributed by atoms with Crippen molar-refractivity contribution in [3.8, 4) is 0 Å². The predicted molar refractivity (Wildman–Crippen MR) is 46.6 cm³/mol. The van der Waals surface area contributed by atoms with Crippen molar-refractivity contribution in [1.29, 1.82) is 0 Å². The summed E-state index contributed by atoms with van der Waals surface area (Å²) in [5, 5.41) is 11.7. The molecule has 0 aromatic heterocycles. The molecule has 70 valence electrons. The summed E-state index contributed by atoms with van der Waals surface area (Å²) in [6, 6.07) is -0.0163. The third-order valence-corrected chi connectivity index (χ3v) is 3.03. The SMILES string of the molecule is CCC1(CC)C[C@H](CO)NC1=O. The second-order valence-corrected chi connectivity index (χ2v) is 3.54. The van der Waals surface area contributed by atoms with Crippen molar-refractivity contribution >= 4 is 5.91 Å². The highest BCUT2D eigenvalue weighted by Gasteiger charge is 2.43. The molecule has 1 amide bonds. The lowest BCUT2D eigenvalue weighted by Crippen LogP contribution is -2.32. The molecule has 1 aliphatic rings. The van der Waals surface area contributed by atoms with Gasteiger partial charge in [0.2, 0.25) is 5.91 Å². The summed E-state index contributed by atoms with van der Waals surface area (Å²) in [5.74, 6) is 0.117. The van der Waals surface area contributed by atoms with Gasteiger partial charge in [-0.15, -0.1) is 0 Å². The van der Waals surface area contributed by atoms with Crippen LogP contribution in [0.15, 0.2) is 0 Å². The molecule has 12 heavy (non-hydrogen) atoms. The molecule has 0 unspecified atom stereocenters. The normalized spacial score (nSPS) is 27.2. The van der Waals surface area contributed by atoms with E-state index in [2.05, 4.69) is 5.32 Å². The molecule has 0 aromatic rings. The smallest absolute Gasteiger partial charge is 0.226 e. The monoisotopic (exact) mass is 171 g/mol. The molecule has 1 atom stereocenters. The fourth-order valence-corrected chi connectivity index (χ4v) is 1.92. The molecule has 0 aromatic carbocycles. The summed E-state index contributed by atoms with van der Waals surface area (Å²) in [7, 11) is 0. The molecule has 1 fully saturated rings. The highest BCUT2D eigenvalue weighted by Crippen LogP contribution is 2.36. The number of amides is 1. The van der Waals surface area contributed by atoms with Crippen LogP contribution in [0.4, 0.5) is 0 Å². The summed E-state index contributed by atoms with van der Waals surface area (Å²) in [4.78, 5) is 11.5. The highest BCUT2D eigenvalue weighted by atomic mass is 16.3. The molecule has 0 saturated carbocycles. The minimum absolute atomic E-state index is 0.0163. The lowest BCUT2D eigenvalue weighted by molar-refractivity contribution is -0.128. The molecular formula is C9H17NO2. The second-order valence-electron chi connectivity index (χ2n) is 3.54. The van der Waals surface area contributed by atoms with Crippen molar-refractivity contribution in [2.24, 2.45) is 5.41 Å². The van der Waals surface area contributed by atoms with Crippen LogP contribution in [-0.2, 0) is 4.79 Å². The van der Waals surface area contributed by atoms with Gasteiger partial charge in [-0.3, -0.25) is 4.79 Å². The molecule has 0 aliphatic carbocycles. The number of hydrogen-bond acceptors (Lipinski definition) is 2. The van der Waals surface area contributed by atoms with Gasteiger partial charge in [0, 0.05) is 0 Å². The van der Waals surface area contributed by atoms with Crippen LogP contribution in [0, 0.1) is 5.41 Å². The Balaban J connectivity index is 2.72. The highest BCUT2D eigenvalue weighted by molar-refractivity contribution is 5.85. The van der Waals surface area contributed by atoms with Gasteiger partial charge in [0.15, 0.2) is 0 Å². The summed E-state index contributed by atoms with van der Waals surface area (Å²) < 4.78 is 0. The number of carbonyl (C=O) groups is 1. The quantitative estimate of drug-likeness (QED) is 0.656. The third-order valence-electron chi connectivity index (χ3n) is 3.03. The van der Waals surface area contributed by atoms with Crippen LogP contribution in [0.3, 0.4) is 0 Å². The van der Waals surface area contributed by atoms with Gasteiger partial charge in [0.05, 0.1) is 18.1 Å². The fraction of sp³-hybridized carbons (Fsp3) is 0.889. The van der Waals surface area contributed by atoms with Crippen molar-refractivity contribution in [2.45, 2.75) is 39.2 Å². The molecule has 1 rings (SSSR count). The maximum atomic E-state index is 11.5. The lowest BCUT2D eigenvalue weighted by atomic mass is 9.80. The molecule has 0 spiro atoms. The zero-order valence-electron chi connectivity index (χ0n) is 7.76. The second kappa shape index (κ2) is 3.44. The molecule has 0 bridgehead atoms. The first kappa shape index (κ1) is 9.52. The molecule has 2 N–H and O–H groups in total. The van der Waals surface area contributed by atoms with E-state index in [1.807, 2.05) is 13.8 Å². The molecular weight excluding hydrogens is 154 g/mol. The number of rotatable bonds is 3. The molecule has 3 nitrogen and oxygen atoms in total. The first-order valence-electron chi connectivity index (χ1n) is 4.60. The van der Waals surface area contributed by atoms with E-state index in [1.54, 1.807) is 0 Å². The summed E-state index contributed by atoms with van der Waals surface area (Å²) >= 11 is 0. The van der Waals surface area contributed by atoms with Crippen molar-refractivity contribution < 1.29 is 9.90 Å². The molecule has 3 heteroatoms. The van der Waals surface area contributed by atoms with Crippen LogP contribution in [0.2, 0.25) is 0 Å². The van der Waals surface area contributed by atoms with Crippen LogP contribution in [-0.4, -0.2) is 23.7 Å². The van der Waals surface area contributed by atoms with E-state index in [4.69, 9.17) is 5.11 Å². The van der Waals surface area contributed by atoms with E-state index in [-0.39, 0.29) is 24.0 Å². The van der Waals surface area contributed by atoms with E-state index < -0.39 is 0 Å². The van der Waals surface area contributed by atoms with Crippen molar-refractivity contribution in [1.82, 2.24) is 5.32 Å². The van der Waals surface area contributed by atoms with Crippen molar-refractivity contribution in [3.63, 3.8) is 0 Å². The number of hydrogen-bond donors (Lipinski definition) is 2. The number of nitrogens with one attached hydrogen (secondary N) is 1. The Morgan fingerprint density at radius 3 is 2.42 bits per heavy atom. The largest absolute Gasteiger partial charge is 0.394 e. The minimum atomic E-state index is -0.201. The minimum Gasteiger partial charge on any atom is -0.394 e. The van der Waals surface area contributed by atoms with E-state index in [0.717, 1.165) is 19.3 Å². The van der Waals surface area contributed by atoms with Gasteiger partial charge >= 0.3 is 0 Å². The summed E-state index contributed by atoms with van der Waals surface area (Å²) in [5.41, 5.74) is -0.201. The van der Waals surface area contributed by atoms with Crippen molar-refractivity contribution in [3.05, 3.63) is 0 Å². The number of carbonyl (C=O) groups excluding carboxylic acids is 1. The average Bonchev–Trinajstić information content (AvgIpc) is 2.43. The standard InChI is InChI=1S/C9H17NO2/c1-3-9(4-2)5-7(6-11)10-8(9)12/h7,11H,3-6H2,1-2H3,(H,10,12)/t7-/m1/s1. The van der Waals surface area contributed by atoms with Crippen LogP contribution in [0.5, 0.6) is 0 Å². The Hall–Kier alpha value is -0.570. The summed E-state index contributed by atoms with van der Waals surface area (Å²) in [6.07, 6.45) is 2.52. The first-order valence-corrected chi connectivity index (χ1v) is 4.60. The zero-order valence-corrected chi connectivity index (χ0v) is 7.76. The Labute approximate surface area is 73.2 Å². The van der Waals surface area contributed by atoms with Gasteiger partial charge in [0.25, 0.3) is 0 Å². The van der Waals surface area contributed by atoms with Gasteiger partial charge in [-0.2, -0.15) is 0 Å². The van der Waals surface area contributed by atoms with Gasteiger partial charge in [0.1, 0.15) is 0 Å². The molecule has 0 radical (unpaired) electrons. The maximum absolute atomic E-state index is 11.5. The predicted octanol–water partition coefficient (Wildman–Crippen LogP) is 0.674. The Bertz CT molecular complexity index is 175. The van der Waals surface area contributed by atoms with Crippen molar-refractivity contribution in [2.75, 3.05) is 6.61 Å².